The Hall–Kier alpha value is -1.51. The van der Waals surface area contributed by atoms with Crippen LogP contribution in [0.2, 0.25) is 0 Å². The highest BCUT2D eigenvalue weighted by molar-refractivity contribution is 5.79. The van der Waals surface area contributed by atoms with E-state index in [1.807, 2.05) is 31.2 Å². The lowest BCUT2D eigenvalue weighted by Crippen LogP contribution is -2.32. The summed E-state index contributed by atoms with van der Waals surface area (Å²) in [4.78, 5) is 11.0. The highest BCUT2D eigenvalue weighted by atomic mass is 16.5. The lowest BCUT2D eigenvalue weighted by atomic mass is 10.0. The summed E-state index contributed by atoms with van der Waals surface area (Å²) in [6, 6.07) is 7.77. The molecule has 1 atom stereocenters. The van der Waals surface area contributed by atoms with Crippen LogP contribution >= 0.6 is 0 Å². The van der Waals surface area contributed by atoms with E-state index in [2.05, 4.69) is 13.8 Å². The van der Waals surface area contributed by atoms with Crippen LogP contribution in [0.25, 0.3) is 0 Å². The van der Waals surface area contributed by atoms with Gasteiger partial charge in [0.15, 0.2) is 6.10 Å². The second kappa shape index (κ2) is 5.54. The largest absolute Gasteiger partial charge is 0.481 e. The van der Waals surface area contributed by atoms with Gasteiger partial charge in [0.1, 0.15) is 5.75 Å². The molecule has 0 heterocycles. The molecule has 3 nitrogen and oxygen atoms in total. The van der Waals surface area contributed by atoms with Gasteiger partial charge in [0.05, 0.1) is 0 Å². The Morgan fingerprint density at radius 3 is 2.25 bits per heavy atom. The van der Waals surface area contributed by atoms with Crippen LogP contribution in [0.1, 0.15) is 38.7 Å². The van der Waals surface area contributed by atoms with Crippen LogP contribution in [0.4, 0.5) is 0 Å². The molecular formula is C13H19NO2. The highest BCUT2D eigenvalue weighted by Gasteiger charge is 2.14. The van der Waals surface area contributed by atoms with Gasteiger partial charge in [-0.15, -0.1) is 0 Å². The average molecular weight is 221 g/mol. The molecule has 0 bridgehead atoms. The summed E-state index contributed by atoms with van der Waals surface area (Å²) >= 11 is 0. The van der Waals surface area contributed by atoms with E-state index in [0.717, 1.165) is 0 Å². The van der Waals surface area contributed by atoms with Crippen molar-refractivity contribution >= 4 is 5.91 Å². The number of benzene rings is 1. The first-order valence-corrected chi connectivity index (χ1v) is 5.60. The number of hydrogen-bond donors (Lipinski definition) is 1. The predicted octanol–water partition coefficient (Wildman–Crippen LogP) is 2.45. The van der Waals surface area contributed by atoms with Crippen molar-refractivity contribution in [3.05, 3.63) is 29.8 Å². The molecule has 88 valence electrons. The van der Waals surface area contributed by atoms with Crippen molar-refractivity contribution in [3.63, 3.8) is 0 Å². The summed E-state index contributed by atoms with van der Waals surface area (Å²) in [6.45, 7) is 6.14. The van der Waals surface area contributed by atoms with Crippen LogP contribution in [0.3, 0.4) is 0 Å². The van der Waals surface area contributed by atoms with Gasteiger partial charge >= 0.3 is 0 Å². The molecule has 0 radical (unpaired) electrons. The van der Waals surface area contributed by atoms with E-state index in [0.29, 0.717) is 18.1 Å². The normalized spacial score (nSPS) is 12.5. The van der Waals surface area contributed by atoms with Gasteiger partial charge in [-0.3, -0.25) is 4.79 Å². The molecule has 1 amide bonds. The third-order valence-electron chi connectivity index (χ3n) is 2.51. The van der Waals surface area contributed by atoms with Gasteiger partial charge in [-0.25, -0.2) is 0 Å². The van der Waals surface area contributed by atoms with E-state index in [1.165, 1.54) is 5.56 Å². The maximum atomic E-state index is 11.0. The molecule has 1 rings (SSSR count). The number of primary amides is 1. The minimum Gasteiger partial charge on any atom is -0.481 e. The molecule has 0 spiro atoms. The highest BCUT2D eigenvalue weighted by Crippen LogP contribution is 2.19. The molecule has 0 fully saturated rings. The van der Waals surface area contributed by atoms with Gasteiger partial charge in [0, 0.05) is 0 Å². The van der Waals surface area contributed by atoms with Gasteiger partial charge in [-0.05, 0) is 30.0 Å². The summed E-state index contributed by atoms with van der Waals surface area (Å²) in [5.41, 5.74) is 6.46. The fourth-order valence-corrected chi connectivity index (χ4v) is 1.44. The number of carbonyl (C=O) groups excluding carboxylic acids is 1. The summed E-state index contributed by atoms with van der Waals surface area (Å²) in [5.74, 6) is 0.762. The van der Waals surface area contributed by atoms with E-state index in [4.69, 9.17) is 10.5 Å². The average Bonchev–Trinajstić information content (AvgIpc) is 2.26. The van der Waals surface area contributed by atoms with Gasteiger partial charge < -0.3 is 10.5 Å². The third kappa shape index (κ3) is 3.26. The summed E-state index contributed by atoms with van der Waals surface area (Å²) in [6.07, 6.45) is 0.0475. The van der Waals surface area contributed by atoms with E-state index < -0.39 is 12.0 Å². The van der Waals surface area contributed by atoms with Crippen LogP contribution in [-0.4, -0.2) is 12.0 Å². The zero-order valence-corrected chi connectivity index (χ0v) is 10.1. The van der Waals surface area contributed by atoms with E-state index in [9.17, 15) is 4.79 Å². The van der Waals surface area contributed by atoms with Crippen molar-refractivity contribution in [2.24, 2.45) is 5.73 Å². The third-order valence-corrected chi connectivity index (χ3v) is 2.51. The first-order valence-electron chi connectivity index (χ1n) is 5.60. The quantitative estimate of drug-likeness (QED) is 0.830. The topological polar surface area (TPSA) is 52.3 Å². The van der Waals surface area contributed by atoms with E-state index in [-0.39, 0.29) is 0 Å². The van der Waals surface area contributed by atoms with Crippen LogP contribution in [0, 0.1) is 0 Å². The SMILES string of the molecule is CCC(Oc1ccc(C(C)C)cc1)C(N)=O. The molecule has 3 heteroatoms. The summed E-state index contributed by atoms with van der Waals surface area (Å²) in [7, 11) is 0. The zero-order chi connectivity index (χ0) is 12.1. The molecule has 0 saturated heterocycles. The standard InChI is InChI=1S/C13H19NO2/c1-4-12(13(14)15)16-11-7-5-10(6-8-11)9(2)3/h5-9,12H,4H2,1-3H3,(H2,14,15). The lowest BCUT2D eigenvalue weighted by molar-refractivity contribution is -0.124. The van der Waals surface area contributed by atoms with Crippen molar-refractivity contribution in [1.29, 1.82) is 0 Å². The second-order valence-electron chi connectivity index (χ2n) is 4.14. The van der Waals surface area contributed by atoms with Crippen LogP contribution < -0.4 is 10.5 Å². The molecule has 1 aromatic carbocycles. The summed E-state index contributed by atoms with van der Waals surface area (Å²) in [5, 5.41) is 0. The van der Waals surface area contributed by atoms with Crippen molar-refractivity contribution in [2.45, 2.75) is 39.2 Å². The second-order valence-corrected chi connectivity index (χ2v) is 4.14. The predicted molar refractivity (Wildman–Crippen MR) is 64.4 cm³/mol. The monoisotopic (exact) mass is 221 g/mol. The first-order chi connectivity index (χ1) is 7.54. The van der Waals surface area contributed by atoms with Gasteiger partial charge in [-0.1, -0.05) is 32.9 Å². The van der Waals surface area contributed by atoms with Crippen molar-refractivity contribution in [2.75, 3.05) is 0 Å². The molecule has 0 aliphatic carbocycles. The Kier molecular flexibility index (Phi) is 4.35. The van der Waals surface area contributed by atoms with Gasteiger partial charge in [0.2, 0.25) is 0 Å². The Bertz CT molecular complexity index is 343. The molecule has 0 saturated carbocycles. The minimum absolute atomic E-state index is 0.421. The minimum atomic E-state index is -0.537. The first kappa shape index (κ1) is 12.6. The molecule has 0 aromatic heterocycles. The molecule has 1 unspecified atom stereocenters. The Labute approximate surface area is 96.6 Å². The molecule has 16 heavy (non-hydrogen) atoms. The Morgan fingerprint density at radius 2 is 1.88 bits per heavy atom. The fourth-order valence-electron chi connectivity index (χ4n) is 1.44. The molecular weight excluding hydrogens is 202 g/mol. The molecule has 1 aromatic rings. The van der Waals surface area contributed by atoms with Crippen LogP contribution in [0.5, 0.6) is 5.75 Å². The summed E-state index contributed by atoms with van der Waals surface area (Å²) < 4.78 is 5.49. The van der Waals surface area contributed by atoms with Crippen LogP contribution in [-0.2, 0) is 4.79 Å². The maximum absolute atomic E-state index is 11.0. The van der Waals surface area contributed by atoms with E-state index in [1.54, 1.807) is 0 Å². The van der Waals surface area contributed by atoms with Crippen molar-refractivity contribution in [3.8, 4) is 5.75 Å². The number of hydrogen-bond acceptors (Lipinski definition) is 2. The van der Waals surface area contributed by atoms with Gasteiger partial charge in [0.25, 0.3) is 5.91 Å². The fraction of sp³-hybridized carbons (Fsp3) is 0.462. The molecule has 0 aliphatic heterocycles. The van der Waals surface area contributed by atoms with Crippen molar-refractivity contribution in [1.82, 2.24) is 0 Å². The Morgan fingerprint density at radius 1 is 1.31 bits per heavy atom. The van der Waals surface area contributed by atoms with Crippen LogP contribution in [0.15, 0.2) is 24.3 Å². The lowest BCUT2D eigenvalue weighted by Gasteiger charge is -2.14. The number of ether oxygens (including phenoxy) is 1. The number of carbonyl (C=O) groups is 1. The number of rotatable bonds is 5. The smallest absolute Gasteiger partial charge is 0.258 e. The molecule has 2 N–H and O–H groups in total. The maximum Gasteiger partial charge on any atom is 0.258 e. The Balaban J connectivity index is 2.71. The molecule has 0 aliphatic rings. The zero-order valence-electron chi connectivity index (χ0n) is 10.1. The number of nitrogens with two attached hydrogens (primary N) is 1. The number of amides is 1. The van der Waals surface area contributed by atoms with E-state index >= 15 is 0 Å². The van der Waals surface area contributed by atoms with Gasteiger partial charge in [-0.2, -0.15) is 0 Å². The van der Waals surface area contributed by atoms with Crippen molar-refractivity contribution < 1.29 is 9.53 Å².